The van der Waals surface area contributed by atoms with Crippen molar-refractivity contribution in [1.82, 2.24) is 9.97 Å². The predicted molar refractivity (Wildman–Crippen MR) is 115 cm³/mol. The third-order valence-corrected chi connectivity index (χ3v) is 4.34. The summed E-state index contributed by atoms with van der Waals surface area (Å²) in [5.74, 6) is 2.21. The molecule has 0 radical (unpaired) electrons. The van der Waals surface area contributed by atoms with Crippen LogP contribution in [0.15, 0.2) is 30.3 Å². The highest BCUT2D eigenvalue weighted by Crippen LogP contribution is 2.38. The van der Waals surface area contributed by atoms with E-state index in [1.54, 1.807) is 25.3 Å². The predicted octanol–water partition coefficient (Wildman–Crippen LogP) is 5.47. The number of hydrogen-bond acceptors (Lipinski definition) is 5. The van der Waals surface area contributed by atoms with Crippen molar-refractivity contribution < 1.29 is 14.2 Å². The van der Waals surface area contributed by atoms with Gasteiger partial charge in [-0.05, 0) is 56.7 Å². The molecule has 1 aromatic heterocycles. The van der Waals surface area contributed by atoms with Crippen molar-refractivity contribution in [2.75, 3.05) is 13.7 Å². The lowest BCUT2D eigenvalue weighted by Gasteiger charge is -2.16. The Hall–Kier alpha value is -3.17. The van der Waals surface area contributed by atoms with Gasteiger partial charge in [0.1, 0.15) is 17.6 Å². The Labute approximate surface area is 174 Å². The van der Waals surface area contributed by atoms with Crippen molar-refractivity contribution in [3.63, 3.8) is 0 Å². The second-order valence-corrected chi connectivity index (χ2v) is 6.98. The van der Waals surface area contributed by atoms with Gasteiger partial charge in [-0.2, -0.15) is 5.26 Å². The standard InChI is InChI=1S/C22H22ClN3O3/c1-5-28-20-10-14(9-17(23)21(20)29-13(2)3)8-15(12-24)22-25-18-7-6-16(27-4)11-19(18)26-22/h6-11,13H,5H2,1-4H3,(H,25,26)/b15-8-. The molecule has 3 aromatic rings. The number of benzene rings is 2. The number of nitriles is 1. The van der Waals surface area contributed by atoms with Gasteiger partial charge in [0, 0.05) is 6.07 Å². The molecule has 0 saturated heterocycles. The molecule has 0 aliphatic heterocycles. The molecule has 0 unspecified atom stereocenters. The fourth-order valence-corrected chi connectivity index (χ4v) is 3.11. The molecule has 1 heterocycles. The van der Waals surface area contributed by atoms with E-state index in [1.165, 1.54) is 0 Å². The van der Waals surface area contributed by atoms with Gasteiger partial charge >= 0.3 is 0 Å². The molecule has 0 spiro atoms. The SMILES string of the molecule is CCOc1cc(/C=C(/C#N)c2nc3ccc(OC)cc3[nH]2)cc(Cl)c1OC(C)C. The summed E-state index contributed by atoms with van der Waals surface area (Å²) >= 11 is 6.43. The molecule has 0 fully saturated rings. The maximum Gasteiger partial charge on any atom is 0.180 e. The van der Waals surface area contributed by atoms with Gasteiger partial charge < -0.3 is 19.2 Å². The van der Waals surface area contributed by atoms with E-state index >= 15 is 0 Å². The summed E-state index contributed by atoms with van der Waals surface area (Å²) in [4.78, 5) is 7.67. The Balaban J connectivity index is 2.03. The van der Waals surface area contributed by atoms with Gasteiger partial charge in [-0.3, -0.25) is 0 Å². The van der Waals surface area contributed by atoms with Crippen LogP contribution in [0.1, 0.15) is 32.2 Å². The number of imidazole rings is 1. The minimum absolute atomic E-state index is 0.0460. The Morgan fingerprint density at radius 1 is 1.31 bits per heavy atom. The molecular weight excluding hydrogens is 390 g/mol. The zero-order valence-corrected chi connectivity index (χ0v) is 17.5. The van der Waals surface area contributed by atoms with Crippen LogP contribution < -0.4 is 14.2 Å². The largest absolute Gasteiger partial charge is 0.497 e. The van der Waals surface area contributed by atoms with Gasteiger partial charge in [0.25, 0.3) is 0 Å². The van der Waals surface area contributed by atoms with Crippen molar-refractivity contribution in [2.24, 2.45) is 0 Å². The van der Waals surface area contributed by atoms with Crippen molar-refractivity contribution >= 4 is 34.3 Å². The number of nitrogens with zero attached hydrogens (tertiary/aromatic N) is 2. The van der Waals surface area contributed by atoms with E-state index in [2.05, 4.69) is 16.0 Å². The van der Waals surface area contributed by atoms with E-state index in [-0.39, 0.29) is 6.10 Å². The van der Waals surface area contributed by atoms with Gasteiger partial charge in [0.2, 0.25) is 0 Å². The molecule has 0 amide bonds. The van der Waals surface area contributed by atoms with Gasteiger partial charge in [0.15, 0.2) is 11.5 Å². The number of ether oxygens (including phenoxy) is 3. The lowest BCUT2D eigenvalue weighted by atomic mass is 10.1. The van der Waals surface area contributed by atoms with Crippen LogP contribution in [0, 0.1) is 11.3 Å². The highest BCUT2D eigenvalue weighted by molar-refractivity contribution is 6.32. The van der Waals surface area contributed by atoms with Gasteiger partial charge in [-0.15, -0.1) is 0 Å². The molecule has 0 bridgehead atoms. The summed E-state index contributed by atoms with van der Waals surface area (Å²) in [7, 11) is 1.60. The molecule has 150 valence electrons. The fraction of sp³-hybridized carbons (Fsp3) is 0.273. The average Bonchev–Trinajstić information content (AvgIpc) is 3.11. The van der Waals surface area contributed by atoms with Crippen molar-refractivity contribution in [3.05, 3.63) is 46.7 Å². The summed E-state index contributed by atoms with van der Waals surface area (Å²) in [6.07, 6.45) is 1.66. The molecule has 0 saturated carbocycles. The molecule has 29 heavy (non-hydrogen) atoms. The molecular formula is C22H22ClN3O3. The minimum Gasteiger partial charge on any atom is -0.497 e. The quantitative estimate of drug-likeness (QED) is 0.521. The molecule has 7 heteroatoms. The minimum atomic E-state index is -0.0460. The lowest BCUT2D eigenvalue weighted by molar-refractivity contribution is 0.224. The molecule has 0 atom stereocenters. The Morgan fingerprint density at radius 2 is 2.10 bits per heavy atom. The number of aromatic nitrogens is 2. The number of aromatic amines is 1. The zero-order chi connectivity index (χ0) is 21.0. The highest BCUT2D eigenvalue weighted by atomic mass is 35.5. The second-order valence-electron chi connectivity index (χ2n) is 6.57. The zero-order valence-electron chi connectivity index (χ0n) is 16.7. The number of nitrogens with one attached hydrogen (secondary N) is 1. The van der Waals surface area contributed by atoms with E-state index in [0.29, 0.717) is 45.8 Å². The summed E-state index contributed by atoms with van der Waals surface area (Å²) in [6, 6.07) is 11.2. The van der Waals surface area contributed by atoms with Crippen LogP contribution in [0.25, 0.3) is 22.7 Å². The third kappa shape index (κ3) is 4.64. The van der Waals surface area contributed by atoms with Crippen molar-refractivity contribution in [2.45, 2.75) is 26.9 Å². The number of allylic oxidation sites excluding steroid dienone is 1. The van der Waals surface area contributed by atoms with Crippen molar-refractivity contribution in [3.8, 4) is 23.3 Å². The first-order valence-electron chi connectivity index (χ1n) is 9.24. The first-order valence-corrected chi connectivity index (χ1v) is 9.61. The number of halogens is 1. The summed E-state index contributed by atoms with van der Waals surface area (Å²) in [5.41, 5.74) is 2.62. The molecule has 3 rings (SSSR count). The van der Waals surface area contributed by atoms with Gasteiger partial charge in [-0.25, -0.2) is 4.98 Å². The van der Waals surface area contributed by atoms with Crippen LogP contribution in [-0.2, 0) is 0 Å². The molecule has 2 aromatic carbocycles. The van der Waals surface area contributed by atoms with Crippen LogP contribution in [0.4, 0.5) is 0 Å². The van der Waals surface area contributed by atoms with Crippen LogP contribution in [0.2, 0.25) is 5.02 Å². The number of fused-ring (bicyclic) bond motifs is 1. The van der Waals surface area contributed by atoms with Crippen LogP contribution in [0.5, 0.6) is 17.2 Å². The number of methoxy groups -OCH3 is 1. The number of H-pyrrole nitrogens is 1. The first kappa shape index (κ1) is 20.6. The molecule has 0 aliphatic carbocycles. The topological polar surface area (TPSA) is 80.2 Å². The van der Waals surface area contributed by atoms with Crippen LogP contribution >= 0.6 is 11.6 Å². The Bertz CT molecular complexity index is 1100. The first-order chi connectivity index (χ1) is 13.9. The number of rotatable bonds is 7. The summed E-state index contributed by atoms with van der Waals surface area (Å²) in [5, 5.41) is 10.1. The fourth-order valence-electron chi connectivity index (χ4n) is 2.85. The third-order valence-electron chi connectivity index (χ3n) is 4.06. The Morgan fingerprint density at radius 3 is 2.76 bits per heavy atom. The highest BCUT2D eigenvalue weighted by Gasteiger charge is 2.15. The summed E-state index contributed by atoms with van der Waals surface area (Å²) < 4.78 is 16.7. The maximum absolute atomic E-state index is 9.69. The second kappa shape index (κ2) is 8.89. The monoisotopic (exact) mass is 411 g/mol. The van der Waals surface area contributed by atoms with Crippen molar-refractivity contribution in [1.29, 1.82) is 5.26 Å². The van der Waals surface area contributed by atoms with E-state index in [4.69, 9.17) is 25.8 Å². The molecule has 0 aliphatic rings. The Kier molecular flexibility index (Phi) is 6.30. The average molecular weight is 412 g/mol. The van der Waals surface area contributed by atoms with E-state index < -0.39 is 0 Å². The van der Waals surface area contributed by atoms with E-state index in [0.717, 1.165) is 11.0 Å². The molecule has 1 N–H and O–H groups in total. The summed E-state index contributed by atoms with van der Waals surface area (Å²) in [6.45, 7) is 6.20. The lowest BCUT2D eigenvalue weighted by Crippen LogP contribution is -2.08. The van der Waals surface area contributed by atoms with E-state index in [1.807, 2.05) is 39.0 Å². The molecule has 6 nitrogen and oxygen atoms in total. The van der Waals surface area contributed by atoms with Gasteiger partial charge in [-0.1, -0.05) is 11.6 Å². The van der Waals surface area contributed by atoms with Crippen LogP contribution in [0.3, 0.4) is 0 Å². The van der Waals surface area contributed by atoms with E-state index in [9.17, 15) is 5.26 Å². The van der Waals surface area contributed by atoms with Crippen LogP contribution in [-0.4, -0.2) is 29.8 Å². The normalized spacial score (nSPS) is 11.6. The van der Waals surface area contributed by atoms with Gasteiger partial charge in [0.05, 0.1) is 41.4 Å². The smallest absolute Gasteiger partial charge is 0.180 e. The maximum atomic E-state index is 9.69. The number of hydrogen-bond donors (Lipinski definition) is 1.